The molecule has 0 saturated heterocycles. The minimum atomic E-state index is -0.229. The molecular weight excluding hydrogens is 239 g/mol. The fraction of sp³-hybridized carbons (Fsp3) is 0.188. The molecule has 3 heterocycles. The van der Waals surface area contributed by atoms with Crippen LogP contribution in [0.1, 0.15) is 18.4 Å². The first kappa shape index (κ1) is 10.7. The molecule has 19 heavy (non-hydrogen) atoms. The molecule has 2 nitrogen and oxygen atoms in total. The van der Waals surface area contributed by atoms with Gasteiger partial charge in [-0.2, -0.15) is 0 Å². The molecule has 0 amide bonds. The van der Waals surface area contributed by atoms with Gasteiger partial charge in [0.15, 0.2) is 5.82 Å². The van der Waals surface area contributed by atoms with E-state index in [1.807, 2.05) is 12.1 Å². The van der Waals surface area contributed by atoms with Crippen molar-refractivity contribution in [1.82, 2.24) is 9.55 Å². The van der Waals surface area contributed by atoms with Crippen molar-refractivity contribution in [3.05, 3.63) is 54.1 Å². The maximum absolute atomic E-state index is 14.2. The molecule has 0 bridgehead atoms. The van der Waals surface area contributed by atoms with Gasteiger partial charge in [0.1, 0.15) is 0 Å². The topological polar surface area (TPSA) is 17.8 Å². The Morgan fingerprint density at radius 3 is 3.00 bits per heavy atom. The van der Waals surface area contributed by atoms with Gasteiger partial charge in [-0.15, -0.1) is 0 Å². The van der Waals surface area contributed by atoms with E-state index in [1.165, 1.54) is 11.7 Å². The highest BCUT2D eigenvalue weighted by Crippen LogP contribution is 2.40. The maximum atomic E-state index is 14.2. The second-order valence-corrected chi connectivity index (χ2v) is 5.19. The molecule has 1 unspecified atom stereocenters. The molecule has 94 valence electrons. The van der Waals surface area contributed by atoms with E-state index in [0.29, 0.717) is 5.56 Å². The zero-order valence-corrected chi connectivity index (χ0v) is 10.6. The largest absolute Gasteiger partial charge is 0.340 e. The number of pyridine rings is 1. The number of hydrogen-bond acceptors (Lipinski definition) is 1. The van der Waals surface area contributed by atoms with Gasteiger partial charge < -0.3 is 4.57 Å². The predicted molar refractivity (Wildman–Crippen MR) is 73.5 cm³/mol. The van der Waals surface area contributed by atoms with Gasteiger partial charge in [0.05, 0.1) is 11.9 Å². The summed E-state index contributed by atoms with van der Waals surface area (Å²) in [5.41, 5.74) is 3.86. The van der Waals surface area contributed by atoms with Crippen LogP contribution in [-0.4, -0.2) is 9.55 Å². The monoisotopic (exact) mass is 252 g/mol. The highest BCUT2D eigenvalue weighted by Gasteiger charge is 2.26. The Morgan fingerprint density at radius 2 is 2.11 bits per heavy atom. The molecule has 0 spiro atoms. The first-order chi connectivity index (χ1) is 9.25. The number of aromatic nitrogens is 2. The molecule has 1 aliphatic rings. The average molecular weight is 252 g/mol. The smallest absolute Gasteiger partial charge is 0.151 e. The number of nitrogens with zero attached hydrogens (tertiary/aromatic N) is 2. The Kier molecular flexibility index (Phi) is 2.07. The summed E-state index contributed by atoms with van der Waals surface area (Å²) in [7, 11) is 0. The molecule has 0 aliphatic carbocycles. The second kappa shape index (κ2) is 3.67. The van der Waals surface area contributed by atoms with Gasteiger partial charge in [-0.25, -0.2) is 4.39 Å². The molecule has 0 saturated carbocycles. The molecule has 3 aromatic rings. The van der Waals surface area contributed by atoms with Gasteiger partial charge in [-0.05, 0) is 17.7 Å². The Hall–Kier alpha value is -2.16. The second-order valence-electron chi connectivity index (χ2n) is 5.19. The van der Waals surface area contributed by atoms with Crippen molar-refractivity contribution in [2.24, 2.45) is 0 Å². The zero-order valence-electron chi connectivity index (χ0n) is 10.6. The lowest BCUT2D eigenvalue weighted by Gasteiger charge is -2.25. The number of rotatable bonds is 0. The van der Waals surface area contributed by atoms with Crippen LogP contribution < -0.4 is 0 Å². The third-order valence-electron chi connectivity index (χ3n) is 3.98. The van der Waals surface area contributed by atoms with Gasteiger partial charge >= 0.3 is 0 Å². The standard InChI is InChI=1S/C16H13FN2/c1-10-9-19-14-5-3-2-4-11(14)6-15(19)16-12(10)7-18-8-13(16)17/h2-8,10H,9H2,1H3. The molecule has 2 aromatic heterocycles. The number of halogens is 1. The van der Waals surface area contributed by atoms with Crippen LogP contribution in [0.5, 0.6) is 0 Å². The van der Waals surface area contributed by atoms with Crippen LogP contribution in [0, 0.1) is 5.82 Å². The van der Waals surface area contributed by atoms with Crippen LogP contribution in [-0.2, 0) is 6.54 Å². The van der Waals surface area contributed by atoms with E-state index in [-0.39, 0.29) is 11.7 Å². The third kappa shape index (κ3) is 1.38. The summed E-state index contributed by atoms with van der Waals surface area (Å²) < 4.78 is 16.4. The summed E-state index contributed by atoms with van der Waals surface area (Å²) >= 11 is 0. The maximum Gasteiger partial charge on any atom is 0.151 e. The molecule has 1 aliphatic heterocycles. The van der Waals surface area contributed by atoms with Crippen LogP contribution in [0.3, 0.4) is 0 Å². The van der Waals surface area contributed by atoms with Gasteiger partial charge in [-0.3, -0.25) is 4.98 Å². The summed E-state index contributed by atoms with van der Waals surface area (Å²) in [6.45, 7) is 3.00. The van der Waals surface area contributed by atoms with Crippen molar-refractivity contribution in [2.75, 3.05) is 0 Å². The van der Waals surface area contributed by atoms with Gasteiger partial charge in [-0.1, -0.05) is 25.1 Å². The average Bonchev–Trinajstić information content (AvgIpc) is 2.78. The summed E-state index contributed by atoms with van der Waals surface area (Å²) in [5, 5.41) is 1.16. The summed E-state index contributed by atoms with van der Waals surface area (Å²) in [4.78, 5) is 3.99. The fourth-order valence-corrected chi connectivity index (χ4v) is 3.08. The van der Waals surface area contributed by atoms with Crippen LogP contribution >= 0.6 is 0 Å². The van der Waals surface area contributed by atoms with Crippen molar-refractivity contribution in [1.29, 1.82) is 0 Å². The highest BCUT2D eigenvalue weighted by molar-refractivity contribution is 5.88. The van der Waals surface area contributed by atoms with E-state index >= 15 is 0 Å². The molecular formula is C16H13FN2. The van der Waals surface area contributed by atoms with Gasteiger partial charge in [0.25, 0.3) is 0 Å². The van der Waals surface area contributed by atoms with Crippen LogP contribution in [0.15, 0.2) is 42.7 Å². The Bertz CT molecular complexity index is 789. The van der Waals surface area contributed by atoms with Gasteiger partial charge in [0, 0.05) is 35.1 Å². The van der Waals surface area contributed by atoms with E-state index in [9.17, 15) is 4.39 Å². The number of fused-ring (bicyclic) bond motifs is 5. The summed E-state index contributed by atoms with van der Waals surface area (Å²) in [5.74, 6) is 0.0506. The quantitative estimate of drug-likeness (QED) is 0.592. The Morgan fingerprint density at radius 1 is 1.26 bits per heavy atom. The van der Waals surface area contributed by atoms with E-state index in [0.717, 1.165) is 23.2 Å². The lowest BCUT2D eigenvalue weighted by atomic mass is 9.92. The van der Waals surface area contributed by atoms with E-state index in [4.69, 9.17) is 0 Å². The number of benzene rings is 1. The van der Waals surface area contributed by atoms with Crippen molar-refractivity contribution in [3.8, 4) is 11.3 Å². The first-order valence-corrected chi connectivity index (χ1v) is 6.48. The number of hydrogen-bond donors (Lipinski definition) is 0. The third-order valence-corrected chi connectivity index (χ3v) is 3.98. The van der Waals surface area contributed by atoms with Crippen LogP contribution in [0.4, 0.5) is 4.39 Å². The molecule has 1 aromatic carbocycles. The molecule has 0 radical (unpaired) electrons. The minimum absolute atomic E-state index is 0.229. The van der Waals surface area contributed by atoms with E-state index in [2.05, 4.69) is 34.7 Å². The zero-order chi connectivity index (χ0) is 13.0. The molecule has 3 heteroatoms. The normalized spacial score (nSPS) is 17.3. The fourth-order valence-electron chi connectivity index (χ4n) is 3.08. The Labute approximate surface area is 110 Å². The lowest BCUT2D eigenvalue weighted by molar-refractivity contribution is 0.571. The molecule has 0 N–H and O–H groups in total. The molecule has 0 fully saturated rings. The van der Waals surface area contributed by atoms with Crippen molar-refractivity contribution >= 4 is 10.9 Å². The van der Waals surface area contributed by atoms with Gasteiger partial charge in [0.2, 0.25) is 0 Å². The predicted octanol–water partition coefficient (Wildman–Crippen LogP) is 3.96. The summed E-state index contributed by atoms with van der Waals surface area (Å²) in [6, 6.07) is 10.3. The SMILES string of the molecule is CC1Cn2c(cc3ccccc32)-c2c(F)cncc21. The van der Waals surface area contributed by atoms with Crippen molar-refractivity contribution in [2.45, 2.75) is 19.4 Å². The van der Waals surface area contributed by atoms with E-state index < -0.39 is 0 Å². The van der Waals surface area contributed by atoms with E-state index in [1.54, 1.807) is 6.20 Å². The lowest BCUT2D eigenvalue weighted by Crippen LogP contribution is -2.15. The summed E-state index contributed by atoms with van der Waals surface area (Å²) in [6.07, 6.45) is 3.10. The Balaban J connectivity index is 2.13. The van der Waals surface area contributed by atoms with Crippen molar-refractivity contribution in [3.63, 3.8) is 0 Å². The number of para-hydroxylation sites is 1. The highest BCUT2D eigenvalue weighted by atomic mass is 19.1. The van der Waals surface area contributed by atoms with Crippen molar-refractivity contribution < 1.29 is 4.39 Å². The van der Waals surface area contributed by atoms with Crippen LogP contribution in [0.25, 0.3) is 22.2 Å². The molecule has 1 atom stereocenters. The molecule has 4 rings (SSSR count). The minimum Gasteiger partial charge on any atom is -0.340 e. The first-order valence-electron chi connectivity index (χ1n) is 6.48. The van der Waals surface area contributed by atoms with Crippen LogP contribution in [0.2, 0.25) is 0 Å².